The van der Waals surface area contributed by atoms with Crippen molar-refractivity contribution in [2.75, 3.05) is 0 Å². The standard InChI is InChI=1S/C21H29N5O2S/c1-15-8-12-18(13-9-15)29(27,28)24-21-17-11-10-16(14-17)19(21)6-4-2-3-5-7-20-22-25-26-23-20/h2,4,8-9,12-13,16-17,19,21,24H,3,5-7,10-11,14H2,1H3,(H,22,23,25,26)/b4-2-/t16-,17+,19+,21+/m1/s1. The fourth-order valence-electron chi connectivity index (χ4n) is 4.94. The van der Waals surface area contributed by atoms with Crippen molar-refractivity contribution in [3.8, 4) is 0 Å². The summed E-state index contributed by atoms with van der Waals surface area (Å²) in [5, 5.41) is 14.0. The maximum Gasteiger partial charge on any atom is 0.240 e. The summed E-state index contributed by atoms with van der Waals surface area (Å²) in [6.45, 7) is 1.96. The second kappa shape index (κ2) is 8.75. The molecule has 2 bridgehead atoms. The van der Waals surface area contributed by atoms with Crippen molar-refractivity contribution >= 4 is 10.0 Å². The minimum absolute atomic E-state index is 0.0454. The van der Waals surface area contributed by atoms with Gasteiger partial charge in [-0.3, -0.25) is 0 Å². The van der Waals surface area contributed by atoms with Crippen LogP contribution in [-0.2, 0) is 16.4 Å². The number of H-pyrrole nitrogens is 1. The smallest absolute Gasteiger partial charge is 0.207 e. The van der Waals surface area contributed by atoms with Gasteiger partial charge >= 0.3 is 0 Å². The van der Waals surface area contributed by atoms with Gasteiger partial charge in [0.25, 0.3) is 0 Å². The van der Waals surface area contributed by atoms with E-state index in [1.807, 2.05) is 19.1 Å². The minimum atomic E-state index is -3.48. The number of unbranched alkanes of at least 4 members (excludes halogenated alkanes) is 1. The number of nitrogens with zero attached hydrogens (tertiary/aromatic N) is 3. The predicted octanol–water partition coefficient (Wildman–Crippen LogP) is 3.17. The van der Waals surface area contributed by atoms with Crippen LogP contribution in [0.2, 0.25) is 0 Å². The van der Waals surface area contributed by atoms with E-state index >= 15 is 0 Å². The highest BCUT2D eigenvalue weighted by Crippen LogP contribution is 2.50. The number of benzene rings is 1. The van der Waals surface area contributed by atoms with Crippen LogP contribution < -0.4 is 4.72 Å². The molecule has 2 saturated carbocycles. The Hall–Kier alpha value is -2.06. The Labute approximate surface area is 172 Å². The predicted molar refractivity (Wildman–Crippen MR) is 110 cm³/mol. The average molecular weight is 416 g/mol. The molecule has 2 N–H and O–H groups in total. The van der Waals surface area contributed by atoms with E-state index in [0.29, 0.717) is 22.6 Å². The molecular formula is C21H29N5O2S. The first-order chi connectivity index (χ1) is 14.0. The number of hydrogen-bond acceptors (Lipinski definition) is 5. The Balaban J connectivity index is 1.33. The van der Waals surface area contributed by atoms with Crippen LogP contribution in [0.15, 0.2) is 41.3 Å². The molecule has 156 valence electrons. The van der Waals surface area contributed by atoms with Crippen LogP contribution in [-0.4, -0.2) is 35.1 Å². The fourth-order valence-corrected chi connectivity index (χ4v) is 6.29. The summed E-state index contributed by atoms with van der Waals surface area (Å²) in [6.07, 6.45) is 11.6. The number of hydrogen-bond donors (Lipinski definition) is 2. The number of nitrogens with one attached hydrogen (secondary N) is 2. The molecule has 2 aromatic rings. The molecular weight excluding hydrogens is 386 g/mol. The number of tetrazole rings is 1. The second-order valence-electron chi connectivity index (χ2n) is 8.38. The molecule has 2 aliphatic carbocycles. The normalized spacial score (nSPS) is 26.5. The van der Waals surface area contributed by atoms with Crippen molar-refractivity contribution < 1.29 is 8.42 Å². The van der Waals surface area contributed by atoms with Crippen molar-refractivity contribution in [3.63, 3.8) is 0 Å². The van der Waals surface area contributed by atoms with Gasteiger partial charge in [-0.05, 0) is 75.3 Å². The van der Waals surface area contributed by atoms with Gasteiger partial charge in [0.15, 0.2) is 5.82 Å². The van der Waals surface area contributed by atoms with Gasteiger partial charge in [0.2, 0.25) is 10.0 Å². The lowest BCUT2D eigenvalue weighted by atomic mass is 9.83. The monoisotopic (exact) mass is 415 g/mol. The van der Waals surface area contributed by atoms with Crippen LogP contribution in [0.1, 0.15) is 49.9 Å². The zero-order valence-corrected chi connectivity index (χ0v) is 17.6. The van der Waals surface area contributed by atoms with Gasteiger partial charge in [0.05, 0.1) is 4.90 Å². The number of fused-ring (bicyclic) bond motifs is 2. The molecule has 0 aliphatic heterocycles. The molecule has 29 heavy (non-hydrogen) atoms. The van der Waals surface area contributed by atoms with E-state index < -0.39 is 10.0 Å². The molecule has 1 heterocycles. The highest BCUT2D eigenvalue weighted by Gasteiger charge is 2.48. The van der Waals surface area contributed by atoms with Crippen LogP contribution in [0.5, 0.6) is 0 Å². The zero-order chi connectivity index (χ0) is 20.3. The van der Waals surface area contributed by atoms with Gasteiger partial charge in [0.1, 0.15) is 0 Å². The highest BCUT2D eigenvalue weighted by molar-refractivity contribution is 7.89. The van der Waals surface area contributed by atoms with Crippen molar-refractivity contribution in [1.29, 1.82) is 0 Å². The molecule has 4 rings (SSSR count). The number of allylic oxidation sites excluding steroid dienone is 2. The Morgan fingerprint density at radius 1 is 1.17 bits per heavy atom. The van der Waals surface area contributed by atoms with Crippen molar-refractivity contribution in [1.82, 2.24) is 25.3 Å². The molecule has 7 nitrogen and oxygen atoms in total. The van der Waals surface area contributed by atoms with Crippen LogP contribution in [0.25, 0.3) is 0 Å². The largest absolute Gasteiger partial charge is 0.240 e. The summed E-state index contributed by atoms with van der Waals surface area (Å²) in [6, 6.07) is 7.14. The molecule has 1 aromatic carbocycles. The lowest BCUT2D eigenvalue weighted by Crippen LogP contribution is -2.43. The lowest BCUT2D eigenvalue weighted by Gasteiger charge is -2.31. The van der Waals surface area contributed by atoms with Crippen LogP contribution in [0.4, 0.5) is 0 Å². The Kier molecular flexibility index (Phi) is 6.10. The van der Waals surface area contributed by atoms with Crippen molar-refractivity contribution in [2.45, 2.75) is 62.8 Å². The number of aromatic amines is 1. The van der Waals surface area contributed by atoms with Gasteiger partial charge in [-0.1, -0.05) is 35.1 Å². The summed E-state index contributed by atoms with van der Waals surface area (Å²) < 4.78 is 28.9. The molecule has 2 fully saturated rings. The topological polar surface area (TPSA) is 101 Å². The summed E-state index contributed by atoms with van der Waals surface area (Å²) in [4.78, 5) is 0.363. The molecule has 0 unspecified atom stereocenters. The minimum Gasteiger partial charge on any atom is -0.207 e. The van der Waals surface area contributed by atoms with E-state index in [2.05, 4.69) is 37.5 Å². The summed E-state index contributed by atoms with van der Waals surface area (Å²) >= 11 is 0. The third-order valence-electron chi connectivity index (χ3n) is 6.45. The van der Waals surface area contributed by atoms with Crippen LogP contribution in [0, 0.1) is 24.7 Å². The molecule has 4 atom stereocenters. The summed E-state index contributed by atoms with van der Waals surface area (Å²) in [5.41, 5.74) is 1.06. The van der Waals surface area contributed by atoms with E-state index in [9.17, 15) is 8.42 Å². The number of sulfonamides is 1. The number of aromatic nitrogens is 4. The first-order valence-electron chi connectivity index (χ1n) is 10.5. The molecule has 0 saturated heterocycles. The van der Waals surface area contributed by atoms with Gasteiger partial charge in [-0.25, -0.2) is 13.1 Å². The van der Waals surface area contributed by atoms with Crippen molar-refractivity contribution in [2.24, 2.45) is 17.8 Å². The van der Waals surface area contributed by atoms with E-state index in [-0.39, 0.29) is 6.04 Å². The van der Waals surface area contributed by atoms with Gasteiger partial charge < -0.3 is 0 Å². The summed E-state index contributed by atoms with van der Waals surface area (Å²) in [5.74, 6) is 2.24. The highest BCUT2D eigenvalue weighted by atomic mass is 32.2. The Morgan fingerprint density at radius 3 is 2.72 bits per heavy atom. The summed E-state index contributed by atoms with van der Waals surface area (Å²) in [7, 11) is -3.48. The first-order valence-corrected chi connectivity index (χ1v) is 12.0. The van der Waals surface area contributed by atoms with E-state index in [0.717, 1.165) is 49.9 Å². The number of aryl methyl sites for hydroxylation is 2. The Bertz CT molecular complexity index is 924. The Morgan fingerprint density at radius 2 is 1.97 bits per heavy atom. The SMILES string of the molecule is Cc1ccc(S(=O)(=O)N[C@H]2[C@H]3CC[C@H](C3)[C@@H]2C/C=C\CCCc2nn[nH]n2)cc1. The van der Waals surface area contributed by atoms with Crippen LogP contribution in [0.3, 0.4) is 0 Å². The first kappa shape index (κ1) is 20.2. The molecule has 0 amide bonds. The molecule has 0 radical (unpaired) electrons. The molecule has 2 aliphatic rings. The van der Waals surface area contributed by atoms with Gasteiger partial charge in [0, 0.05) is 12.5 Å². The van der Waals surface area contributed by atoms with E-state index in [4.69, 9.17) is 0 Å². The number of rotatable bonds is 9. The maximum absolute atomic E-state index is 12.9. The zero-order valence-electron chi connectivity index (χ0n) is 16.8. The average Bonchev–Trinajstić information content (AvgIpc) is 3.43. The molecule has 8 heteroatoms. The lowest BCUT2D eigenvalue weighted by molar-refractivity contribution is 0.274. The fraction of sp³-hybridized carbons (Fsp3) is 0.571. The second-order valence-corrected chi connectivity index (χ2v) is 10.1. The quantitative estimate of drug-likeness (QED) is 0.484. The van der Waals surface area contributed by atoms with Crippen LogP contribution >= 0.6 is 0 Å². The molecule has 1 aromatic heterocycles. The maximum atomic E-state index is 12.9. The molecule has 0 spiro atoms. The van der Waals surface area contributed by atoms with Gasteiger partial charge in [-0.15, -0.1) is 10.2 Å². The van der Waals surface area contributed by atoms with Crippen molar-refractivity contribution in [3.05, 3.63) is 47.8 Å². The third kappa shape index (κ3) is 4.75. The van der Waals surface area contributed by atoms with E-state index in [1.54, 1.807) is 12.1 Å². The van der Waals surface area contributed by atoms with E-state index in [1.165, 1.54) is 6.42 Å². The third-order valence-corrected chi connectivity index (χ3v) is 7.92. The van der Waals surface area contributed by atoms with Gasteiger partial charge in [-0.2, -0.15) is 5.21 Å².